The van der Waals surface area contributed by atoms with Crippen LogP contribution in [0.4, 0.5) is 0 Å². The van der Waals surface area contributed by atoms with E-state index in [1.165, 1.54) is 12.8 Å². The first-order chi connectivity index (χ1) is 7.31. The number of rotatable bonds is 2. The van der Waals surface area contributed by atoms with Crippen molar-refractivity contribution in [1.82, 2.24) is 15.5 Å². The van der Waals surface area contributed by atoms with Gasteiger partial charge < -0.3 is 10.6 Å². The summed E-state index contributed by atoms with van der Waals surface area (Å²) in [5, 5.41) is 6.13. The number of carbonyl (C=O) groups excluding carboxylic acids is 1. The lowest BCUT2D eigenvalue weighted by atomic mass is 10.1. The fourth-order valence-electron chi connectivity index (χ4n) is 2.71. The highest BCUT2D eigenvalue weighted by Gasteiger charge is 2.32. The topological polar surface area (TPSA) is 44.4 Å². The molecule has 0 aliphatic carbocycles. The third-order valence-electron chi connectivity index (χ3n) is 3.66. The number of hydrogen-bond donors (Lipinski definition) is 2. The van der Waals surface area contributed by atoms with E-state index in [0.29, 0.717) is 6.04 Å². The van der Waals surface area contributed by atoms with Gasteiger partial charge >= 0.3 is 0 Å². The molecule has 2 aliphatic rings. The van der Waals surface area contributed by atoms with E-state index in [-0.39, 0.29) is 11.8 Å². The van der Waals surface area contributed by atoms with Gasteiger partial charge in [0.05, 0.1) is 5.92 Å². The molecule has 0 spiro atoms. The van der Waals surface area contributed by atoms with Gasteiger partial charge in [-0.3, -0.25) is 9.69 Å². The number of piperidine rings is 1. The van der Waals surface area contributed by atoms with Crippen LogP contribution in [-0.4, -0.2) is 50.1 Å². The molecule has 4 nitrogen and oxygen atoms in total. The molecule has 1 amide bonds. The Bertz CT molecular complexity index is 226. The quantitative estimate of drug-likeness (QED) is 0.665. The Morgan fingerprint density at radius 3 is 2.73 bits per heavy atom. The smallest absolute Gasteiger partial charge is 0.224 e. The molecule has 0 aromatic carbocycles. The van der Waals surface area contributed by atoms with Crippen LogP contribution < -0.4 is 10.6 Å². The lowest BCUT2D eigenvalue weighted by Crippen LogP contribution is -2.42. The first-order valence-corrected chi connectivity index (χ1v) is 5.97. The molecule has 0 bridgehead atoms. The van der Waals surface area contributed by atoms with E-state index in [4.69, 9.17) is 0 Å². The van der Waals surface area contributed by atoms with Crippen LogP contribution in [0, 0.1) is 5.92 Å². The van der Waals surface area contributed by atoms with Crippen molar-refractivity contribution in [2.45, 2.75) is 25.3 Å². The average molecular weight is 211 g/mol. The summed E-state index contributed by atoms with van der Waals surface area (Å²) in [5.41, 5.74) is 0. The summed E-state index contributed by atoms with van der Waals surface area (Å²) in [6, 6.07) is 0.709. The number of likely N-dealkylation sites (tertiary alicyclic amines) is 1. The maximum absolute atomic E-state index is 11.5. The molecule has 2 rings (SSSR count). The van der Waals surface area contributed by atoms with E-state index >= 15 is 0 Å². The van der Waals surface area contributed by atoms with Crippen molar-refractivity contribution in [2.75, 3.05) is 33.2 Å². The highest BCUT2D eigenvalue weighted by molar-refractivity contribution is 5.78. The second kappa shape index (κ2) is 4.94. The van der Waals surface area contributed by atoms with Gasteiger partial charge in [-0.2, -0.15) is 0 Å². The predicted octanol–water partition coefficient (Wildman–Crippen LogP) is -0.194. The molecule has 2 aliphatic heterocycles. The Labute approximate surface area is 91.4 Å². The van der Waals surface area contributed by atoms with E-state index in [1.54, 1.807) is 7.05 Å². The summed E-state index contributed by atoms with van der Waals surface area (Å²) in [4.78, 5) is 14.0. The molecule has 1 atom stereocenters. The fraction of sp³-hybridized carbons (Fsp3) is 0.909. The minimum absolute atomic E-state index is 0.214. The van der Waals surface area contributed by atoms with Gasteiger partial charge in [0, 0.05) is 19.6 Å². The Morgan fingerprint density at radius 1 is 1.33 bits per heavy atom. The first-order valence-electron chi connectivity index (χ1n) is 5.97. The van der Waals surface area contributed by atoms with E-state index in [0.717, 1.165) is 32.6 Å². The van der Waals surface area contributed by atoms with Crippen LogP contribution in [0.3, 0.4) is 0 Å². The zero-order valence-corrected chi connectivity index (χ0v) is 9.46. The molecule has 2 heterocycles. The van der Waals surface area contributed by atoms with E-state index in [9.17, 15) is 4.79 Å². The van der Waals surface area contributed by atoms with E-state index in [1.807, 2.05) is 0 Å². The maximum atomic E-state index is 11.5. The van der Waals surface area contributed by atoms with Crippen LogP contribution in [0.5, 0.6) is 0 Å². The van der Waals surface area contributed by atoms with Crippen molar-refractivity contribution >= 4 is 5.91 Å². The van der Waals surface area contributed by atoms with Gasteiger partial charge in [0.2, 0.25) is 5.91 Å². The van der Waals surface area contributed by atoms with Gasteiger partial charge in [-0.25, -0.2) is 0 Å². The van der Waals surface area contributed by atoms with Crippen LogP contribution in [0.2, 0.25) is 0 Å². The second-order valence-electron chi connectivity index (χ2n) is 4.58. The van der Waals surface area contributed by atoms with Gasteiger partial charge in [-0.1, -0.05) is 0 Å². The van der Waals surface area contributed by atoms with Gasteiger partial charge in [-0.05, 0) is 38.9 Å². The average Bonchev–Trinajstić information content (AvgIpc) is 2.78. The third kappa shape index (κ3) is 2.49. The Morgan fingerprint density at radius 2 is 2.07 bits per heavy atom. The molecule has 0 aromatic heterocycles. The molecule has 15 heavy (non-hydrogen) atoms. The zero-order chi connectivity index (χ0) is 10.7. The number of carbonyl (C=O) groups is 1. The van der Waals surface area contributed by atoms with Crippen LogP contribution in [0.25, 0.3) is 0 Å². The molecule has 4 heteroatoms. The Hall–Kier alpha value is -0.610. The van der Waals surface area contributed by atoms with Crippen LogP contribution >= 0.6 is 0 Å². The fourth-order valence-corrected chi connectivity index (χ4v) is 2.71. The van der Waals surface area contributed by atoms with Crippen LogP contribution in [0.1, 0.15) is 19.3 Å². The van der Waals surface area contributed by atoms with Crippen molar-refractivity contribution in [3.05, 3.63) is 0 Å². The zero-order valence-electron chi connectivity index (χ0n) is 9.46. The first kappa shape index (κ1) is 10.9. The Balaban J connectivity index is 1.83. The van der Waals surface area contributed by atoms with E-state index in [2.05, 4.69) is 15.5 Å². The number of amides is 1. The lowest BCUT2D eigenvalue weighted by Gasteiger charge is -2.31. The van der Waals surface area contributed by atoms with Gasteiger partial charge in [0.1, 0.15) is 0 Å². The molecule has 2 fully saturated rings. The monoisotopic (exact) mass is 211 g/mol. The summed E-state index contributed by atoms with van der Waals surface area (Å²) >= 11 is 0. The predicted molar refractivity (Wildman–Crippen MR) is 59.6 cm³/mol. The van der Waals surface area contributed by atoms with Crippen LogP contribution in [-0.2, 0) is 4.79 Å². The standard InChI is InChI=1S/C11H21N3O/c1-12-11(15)9-4-7-14(8-9)10-2-5-13-6-3-10/h9-10,13H,2-8H2,1H3,(H,12,15). The molecule has 0 aromatic rings. The molecule has 2 saturated heterocycles. The van der Waals surface area contributed by atoms with E-state index < -0.39 is 0 Å². The SMILES string of the molecule is CNC(=O)C1CCN(C2CCNCC2)C1. The number of nitrogens with one attached hydrogen (secondary N) is 2. The summed E-state index contributed by atoms with van der Waals surface area (Å²) < 4.78 is 0. The van der Waals surface area contributed by atoms with Crippen molar-refractivity contribution in [3.8, 4) is 0 Å². The van der Waals surface area contributed by atoms with Crippen molar-refractivity contribution < 1.29 is 4.79 Å². The lowest BCUT2D eigenvalue weighted by molar-refractivity contribution is -0.124. The number of hydrogen-bond acceptors (Lipinski definition) is 3. The third-order valence-corrected chi connectivity index (χ3v) is 3.66. The highest BCUT2D eigenvalue weighted by Crippen LogP contribution is 2.22. The van der Waals surface area contributed by atoms with Gasteiger partial charge in [0.15, 0.2) is 0 Å². The summed E-state index contributed by atoms with van der Waals surface area (Å²) in [7, 11) is 1.73. The summed E-state index contributed by atoms with van der Waals surface area (Å²) in [6.07, 6.45) is 3.50. The van der Waals surface area contributed by atoms with Crippen molar-refractivity contribution in [1.29, 1.82) is 0 Å². The highest BCUT2D eigenvalue weighted by atomic mass is 16.1. The second-order valence-corrected chi connectivity index (χ2v) is 4.58. The number of nitrogens with zero attached hydrogens (tertiary/aromatic N) is 1. The minimum atomic E-state index is 0.214. The summed E-state index contributed by atoms with van der Waals surface area (Å²) in [6.45, 7) is 4.32. The maximum Gasteiger partial charge on any atom is 0.224 e. The molecular formula is C11H21N3O. The molecule has 0 radical (unpaired) electrons. The van der Waals surface area contributed by atoms with Crippen molar-refractivity contribution in [3.63, 3.8) is 0 Å². The largest absolute Gasteiger partial charge is 0.359 e. The Kier molecular flexibility index (Phi) is 3.59. The molecule has 2 N–H and O–H groups in total. The van der Waals surface area contributed by atoms with Crippen molar-refractivity contribution in [2.24, 2.45) is 5.92 Å². The molecule has 1 unspecified atom stereocenters. The van der Waals surface area contributed by atoms with Crippen LogP contribution in [0.15, 0.2) is 0 Å². The van der Waals surface area contributed by atoms with Gasteiger partial charge in [0.25, 0.3) is 0 Å². The molecule has 86 valence electrons. The summed E-state index contributed by atoms with van der Waals surface area (Å²) in [5.74, 6) is 0.441. The molecule has 0 saturated carbocycles. The minimum Gasteiger partial charge on any atom is -0.359 e. The normalized spacial score (nSPS) is 29.3. The molecular weight excluding hydrogens is 190 g/mol. The van der Waals surface area contributed by atoms with Gasteiger partial charge in [-0.15, -0.1) is 0 Å².